The van der Waals surface area contributed by atoms with Crippen LogP contribution in [0.25, 0.3) is 10.8 Å². The number of piperidine rings is 1. The second-order valence-electron chi connectivity index (χ2n) is 11.4. The van der Waals surface area contributed by atoms with Crippen molar-refractivity contribution in [1.82, 2.24) is 19.7 Å². The first-order chi connectivity index (χ1) is 19.0. The van der Waals surface area contributed by atoms with Crippen LogP contribution >= 0.6 is 11.6 Å². The zero-order chi connectivity index (χ0) is 28.4. The number of likely N-dealkylation sites (tertiary alicyclic amines) is 1. The summed E-state index contributed by atoms with van der Waals surface area (Å²) in [5, 5.41) is 19.3. The molecule has 214 valence electrons. The number of aliphatic hydroxyl groups excluding tert-OH is 1. The Hall–Kier alpha value is -2.73. The number of alkyl halides is 3. The molecule has 0 bridgehead atoms. The molecule has 4 atom stereocenters. The van der Waals surface area contributed by atoms with Crippen molar-refractivity contribution in [3.05, 3.63) is 52.4 Å². The molecule has 2 aromatic heterocycles. The zero-order valence-electron chi connectivity index (χ0n) is 22.2. The molecule has 3 aromatic rings. The number of ether oxygens (including phenoxy) is 1. The molecule has 12 heteroatoms. The number of aryl methyl sites for hydroxylation is 1. The number of anilines is 1. The smallest absolute Gasteiger partial charge is 0.389 e. The average molecular weight is 578 g/mol. The molecule has 0 radical (unpaired) electrons. The lowest BCUT2D eigenvalue weighted by Crippen LogP contribution is -2.56. The quantitative estimate of drug-likeness (QED) is 0.456. The number of nitrogens with one attached hydrogen (secondary N) is 1. The van der Waals surface area contributed by atoms with Gasteiger partial charge in [-0.1, -0.05) is 11.6 Å². The number of hydrogen-bond acceptors (Lipinski definition) is 6. The summed E-state index contributed by atoms with van der Waals surface area (Å²) in [6, 6.07) is 5.69. The highest BCUT2D eigenvalue weighted by molar-refractivity contribution is 6.32. The van der Waals surface area contributed by atoms with E-state index >= 15 is 0 Å². The van der Waals surface area contributed by atoms with Gasteiger partial charge in [-0.25, -0.2) is 4.98 Å². The van der Waals surface area contributed by atoms with Gasteiger partial charge in [0, 0.05) is 35.1 Å². The van der Waals surface area contributed by atoms with Crippen LogP contribution in [-0.4, -0.2) is 68.6 Å². The largest absolute Gasteiger partial charge is 0.433 e. The fourth-order valence-electron chi connectivity index (χ4n) is 6.34. The standard InChI is InChI=1S/C28H31ClF3N5O3/c1-27(14-40-13-23(27)38)37-5-3-15(4-6-37)18-7-16-9-24(33-11-17(16)8-22(18)29)35-26(39)20-10-19(20)21-12-34-36(2)25(21)28(30,31)32/h7-9,11-12,15,19-20,23,38H,3-6,10,13-14H2,1-2H3,(H,33,35,39)/t19-,20-,23+,27-/m0/s1. The monoisotopic (exact) mass is 577 g/mol. The number of aliphatic hydroxyl groups is 1. The average Bonchev–Trinajstić information content (AvgIpc) is 3.50. The highest BCUT2D eigenvalue weighted by atomic mass is 35.5. The molecule has 1 aromatic carbocycles. The molecular formula is C28H31ClF3N5O3. The molecule has 3 fully saturated rings. The lowest BCUT2D eigenvalue weighted by atomic mass is 9.85. The number of pyridine rings is 1. The predicted octanol–water partition coefficient (Wildman–Crippen LogP) is 4.71. The van der Waals surface area contributed by atoms with Gasteiger partial charge < -0.3 is 15.2 Å². The number of nitrogens with zero attached hydrogens (tertiary/aromatic N) is 4. The molecule has 1 saturated carbocycles. The molecular weight excluding hydrogens is 547 g/mol. The molecule has 8 nitrogen and oxygen atoms in total. The van der Waals surface area contributed by atoms with Gasteiger partial charge in [-0.05, 0) is 80.3 Å². The summed E-state index contributed by atoms with van der Waals surface area (Å²) in [7, 11) is 1.25. The van der Waals surface area contributed by atoms with Crippen LogP contribution in [0, 0.1) is 5.92 Å². The highest BCUT2D eigenvalue weighted by Crippen LogP contribution is 2.51. The van der Waals surface area contributed by atoms with E-state index in [1.54, 1.807) is 12.3 Å². The summed E-state index contributed by atoms with van der Waals surface area (Å²) in [5.74, 6) is -0.865. The Bertz CT molecular complexity index is 1450. The number of rotatable bonds is 5. The normalized spacial score (nSPS) is 27.8. The first kappa shape index (κ1) is 27.4. The van der Waals surface area contributed by atoms with Crippen LogP contribution in [0.1, 0.15) is 54.8 Å². The molecule has 40 heavy (non-hydrogen) atoms. The van der Waals surface area contributed by atoms with Gasteiger partial charge in [-0.3, -0.25) is 14.4 Å². The van der Waals surface area contributed by atoms with Gasteiger partial charge in [0.2, 0.25) is 5.91 Å². The molecule has 3 aliphatic rings. The first-order valence-corrected chi connectivity index (χ1v) is 13.8. The molecule has 1 amide bonds. The fourth-order valence-corrected chi connectivity index (χ4v) is 6.67. The minimum atomic E-state index is -4.54. The van der Waals surface area contributed by atoms with Crippen LogP contribution in [0.3, 0.4) is 0 Å². The van der Waals surface area contributed by atoms with E-state index in [1.807, 2.05) is 19.1 Å². The Kier molecular flexibility index (Phi) is 6.84. The minimum Gasteiger partial charge on any atom is -0.389 e. The molecule has 4 heterocycles. The predicted molar refractivity (Wildman–Crippen MR) is 143 cm³/mol. The van der Waals surface area contributed by atoms with Crippen LogP contribution in [0.15, 0.2) is 30.6 Å². The van der Waals surface area contributed by atoms with Crippen LogP contribution in [0.5, 0.6) is 0 Å². The third-order valence-corrected chi connectivity index (χ3v) is 9.22. The fraction of sp³-hybridized carbons (Fsp3) is 0.536. The summed E-state index contributed by atoms with van der Waals surface area (Å²) in [5.41, 5.74) is -0.100. The van der Waals surface area contributed by atoms with Gasteiger partial charge in [0.05, 0.1) is 31.1 Å². The summed E-state index contributed by atoms with van der Waals surface area (Å²) < 4.78 is 46.7. The maximum absolute atomic E-state index is 13.5. The van der Waals surface area contributed by atoms with Gasteiger partial charge in [0.15, 0.2) is 0 Å². The van der Waals surface area contributed by atoms with Crippen LogP contribution in [0.4, 0.5) is 19.0 Å². The van der Waals surface area contributed by atoms with Gasteiger partial charge in [0.25, 0.3) is 0 Å². The van der Waals surface area contributed by atoms with Crippen molar-refractivity contribution in [3.63, 3.8) is 0 Å². The van der Waals surface area contributed by atoms with Crippen molar-refractivity contribution in [1.29, 1.82) is 0 Å². The maximum atomic E-state index is 13.5. The molecule has 2 N–H and O–H groups in total. The lowest BCUT2D eigenvalue weighted by molar-refractivity contribution is -0.144. The zero-order valence-corrected chi connectivity index (χ0v) is 23.0. The van der Waals surface area contributed by atoms with Crippen molar-refractivity contribution >= 4 is 34.1 Å². The van der Waals surface area contributed by atoms with Crippen molar-refractivity contribution in [2.75, 3.05) is 31.6 Å². The van der Waals surface area contributed by atoms with E-state index in [0.29, 0.717) is 30.5 Å². The Morgan fingerprint density at radius 3 is 2.60 bits per heavy atom. The molecule has 0 spiro atoms. The van der Waals surface area contributed by atoms with Gasteiger partial charge in [0.1, 0.15) is 11.5 Å². The Morgan fingerprint density at radius 1 is 1.18 bits per heavy atom. The third kappa shape index (κ3) is 4.87. The Balaban J connectivity index is 1.15. The number of hydrogen-bond donors (Lipinski definition) is 2. The van der Waals surface area contributed by atoms with Gasteiger partial charge in [-0.15, -0.1) is 0 Å². The lowest BCUT2D eigenvalue weighted by Gasteiger charge is -2.43. The molecule has 6 rings (SSSR count). The number of aromatic nitrogens is 3. The van der Waals surface area contributed by atoms with Crippen LogP contribution in [0.2, 0.25) is 5.02 Å². The molecule has 2 saturated heterocycles. The van der Waals surface area contributed by atoms with Crippen molar-refractivity contribution < 1.29 is 27.8 Å². The number of carbonyl (C=O) groups is 1. The van der Waals surface area contributed by atoms with E-state index < -0.39 is 29.8 Å². The van der Waals surface area contributed by atoms with E-state index in [0.717, 1.165) is 46.9 Å². The number of fused-ring (bicyclic) bond motifs is 1. The van der Waals surface area contributed by atoms with E-state index in [2.05, 4.69) is 20.3 Å². The van der Waals surface area contributed by atoms with E-state index in [1.165, 1.54) is 13.2 Å². The molecule has 0 unspecified atom stereocenters. The summed E-state index contributed by atoms with van der Waals surface area (Å²) >= 11 is 6.69. The Morgan fingerprint density at radius 2 is 1.93 bits per heavy atom. The van der Waals surface area contributed by atoms with E-state index in [-0.39, 0.29) is 22.9 Å². The third-order valence-electron chi connectivity index (χ3n) is 8.90. The molecule has 1 aliphatic carbocycles. The minimum absolute atomic E-state index is 0.0518. The van der Waals surface area contributed by atoms with E-state index in [9.17, 15) is 23.1 Å². The van der Waals surface area contributed by atoms with Gasteiger partial charge in [-0.2, -0.15) is 18.3 Å². The van der Waals surface area contributed by atoms with Crippen LogP contribution in [-0.2, 0) is 22.8 Å². The Labute approximate surface area is 234 Å². The SMILES string of the molecule is Cn1ncc([C@H]2C[C@@H]2C(=O)Nc2cc3cc(C4CCN([C@@]5(C)COC[C@H]5O)CC4)c(Cl)cc3cn2)c1C(F)(F)F. The topological polar surface area (TPSA) is 92.5 Å². The highest BCUT2D eigenvalue weighted by Gasteiger charge is 2.50. The maximum Gasteiger partial charge on any atom is 0.433 e. The van der Waals surface area contributed by atoms with Crippen molar-refractivity contribution in [3.8, 4) is 0 Å². The van der Waals surface area contributed by atoms with E-state index in [4.69, 9.17) is 16.3 Å². The number of carbonyl (C=O) groups excluding carboxylic acids is 1. The second-order valence-corrected chi connectivity index (χ2v) is 11.9. The number of halogens is 4. The summed E-state index contributed by atoms with van der Waals surface area (Å²) in [6.45, 7) is 4.57. The molecule has 2 aliphatic heterocycles. The summed E-state index contributed by atoms with van der Waals surface area (Å²) in [4.78, 5) is 19.6. The first-order valence-electron chi connectivity index (χ1n) is 13.5. The van der Waals surface area contributed by atoms with Crippen LogP contribution < -0.4 is 5.32 Å². The second kappa shape index (κ2) is 9.97. The summed E-state index contributed by atoms with van der Waals surface area (Å²) in [6.07, 6.45) is -0.0952. The van der Waals surface area contributed by atoms with Crippen molar-refractivity contribution in [2.45, 2.75) is 55.8 Å². The van der Waals surface area contributed by atoms with Crippen molar-refractivity contribution in [2.24, 2.45) is 13.0 Å². The van der Waals surface area contributed by atoms with Gasteiger partial charge >= 0.3 is 6.18 Å². The number of amides is 1. The number of benzene rings is 1.